The van der Waals surface area contributed by atoms with Crippen LogP contribution in [0.15, 0.2) is 24.5 Å². The number of hydrogen-bond donors (Lipinski definition) is 1. The Balaban J connectivity index is 1.72. The van der Waals surface area contributed by atoms with E-state index in [4.69, 9.17) is 5.73 Å². The van der Waals surface area contributed by atoms with Crippen LogP contribution in [-0.4, -0.2) is 53.4 Å². The van der Waals surface area contributed by atoms with Gasteiger partial charge in [-0.25, -0.2) is 0 Å². The summed E-state index contributed by atoms with van der Waals surface area (Å²) in [6.45, 7) is 5.83. The van der Waals surface area contributed by atoms with Crippen LogP contribution < -0.4 is 5.73 Å². The molecule has 5 nitrogen and oxygen atoms in total. The Labute approximate surface area is 108 Å². The number of pyridine rings is 1. The minimum atomic E-state index is -0.215. The Bertz CT molecular complexity index is 374. The van der Waals surface area contributed by atoms with Crippen LogP contribution in [-0.2, 0) is 11.3 Å². The molecule has 2 heterocycles. The van der Waals surface area contributed by atoms with Gasteiger partial charge in [-0.1, -0.05) is 6.07 Å². The summed E-state index contributed by atoms with van der Waals surface area (Å²) in [4.78, 5) is 19.6. The van der Waals surface area contributed by atoms with E-state index >= 15 is 0 Å². The van der Waals surface area contributed by atoms with Crippen LogP contribution in [0.4, 0.5) is 0 Å². The summed E-state index contributed by atoms with van der Waals surface area (Å²) < 4.78 is 0. The smallest absolute Gasteiger partial charge is 0.218 e. The van der Waals surface area contributed by atoms with Crippen molar-refractivity contribution in [2.75, 3.05) is 32.7 Å². The number of piperazine rings is 1. The van der Waals surface area contributed by atoms with Crippen LogP contribution in [0.2, 0.25) is 0 Å². The summed E-state index contributed by atoms with van der Waals surface area (Å²) >= 11 is 0. The quantitative estimate of drug-likeness (QED) is 0.801. The predicted molar refractivity (Wildman–Crippen MR) is 69.8 cm³/mol. The van der Waals surface area contributed by atoms with Crippen molar-refractivity contribution in [3.05, 3.63) is 30.1 Å². The van der Waals surface area contributed by atoms with Crippen LogP contribution in [0.3, 0.4) is 0 Å². The summed E-state index contributed by atoms with van der Waals surface area (Å²) in [6.07, 6.45) is 4.17. The van der Waals surface area contributed by atoms with E-state index in [1.165, 1.54) is 5.56 Å². The fourth-order valence-electron chi connectivity index (χ4n) is 2.19. The fraction of sp³-hybridized carbons (Fsp3) is 0.538. The van der Waals surface area contributed by atoms with Crippen molar-refractivity contribution in [3.8, 4) is 0 Å². The number of aromatic nitrogens is 1. The van der Waals surface area contributed by atoms with E-state index < -0.39 is 0 Å². The van der Waals surface area contributed by atoms with Gasteiger partial charge in [0.15, 0.2) is 0 Å². The molecule has 2 N–H and O–H groups in total. The Morgan fingerprint density at radius 1 is 1.28 bits per heavy atom. The van der Waals surface area contributed by atoms with Crippen molar-refractivity contribution < 1.29 is 4.79 Å². The summed E-state index contributed by atoms with van der Waals surface area (Å²) in [7, 11) is 0. The number of carbonyl (C=O) groups is 1. The molecule has 98 valence electrons. The van der Waals surface area contributed by atoms with Gasteiger partial charge in [0.25, 0.3) is 0 Å². The van der Waals surface area contributed by atoms with E-state index in [9.17, 15) is 4.79 Å². The molecular weight excluding hydrogens is 228 g/mol. The first-order valence-electron chi connectivity index (χ1n) is 6.36. The van der Waals surface area contributed by atoms with Gasteiger partial charge in [-0.15, -0.1) is 0 Å². The zero-order valence-electron chi connectivity index (χ0n) is 10.6. The zero-order chi connectivity index (χ0) is 12.8. The molecule has 0 spiro atoms. The number of nitrogens with zero attached hydrogens (tertiary/aromatic N) is 3. The van der Waals surface area contributed by atoms with Gasteiger partial charge < -0.3 is 10.6 Å². The number of rotatable bonds is 5. The molecule has 1 fully saturated rings. The second-order valence-electron chi connectivity index (χ2n) is 4.70. The van der Waals surface area contributed by atoms with Gasteiger partial charge >= 0.3 is 0 Å². The number of nitrogens with two attached hydrogens (primary N) is 1. The van der Waals surface area contributed by atoms with Crippen molar-refractivity contribution in [1.29, 1.82) is 0 Å². The SMILES string of the molecule is NC(=O)CCN1CCN(Cc2cccnc2)CC1. The van der Waals surface area contributed by atoms with E-state index in [0.29, 0.717) is 6.42 Å². The second kappa shape index (κ2) is 6.47. The highest BCUT2D eigenvalue weighted by atomic mass is 16.1. The predicted octanol–water partition coefficient (Wildman–Crippen LogP) is 0.0746. The van der Waals surface area contributed by atoms with E-state index in [2.05, 4.69) is 20.9 Å². The molecule has 0 atom stereocenters. The maximum atomic E-state index is 10.7. The lowest BCUT2D eigenvalue weighted by atomic mass is 10.2. The first kappa shape index (κ1) is 13.0. The van der Waals surface area contributed by atoms with Gasteiger partial charge in [0.1, 0.15) is 0 Å². The van der Waals surface area contributed by atoms with Crippen LogP contribution in [0.1, 0.15) is 12.0 Å². The Kier molecular flexibility index (Phi) is 4.66. The lowest BCUT2D eigenvalue weighted by molar-refractivity contribution is -0.118. The molecule has 0 bridgehead atoms. The maximum Gasteiger partial charge on any atom is 0.218 e. The fourth-order valence-corrected chi connectivity index (χ4v) is 2.19. The molecule has 1 amide bonds. The highest BCUT2D eigenvalue weighted by molar-refractivity contribution is 5.73. The number of amides is 1. The number of carbonyl (C=O) groups excluding carboxylic acids is 1. The third kappa shape index (κ3) is 4.09. The van der Waals surface area contributed by atoms with Crippen molar-refractivity contribution in [3.63, 3.8) is 0 Å². The molecular formula is C13H20N4O. The molecule has 0 aliphatic carbocycles. The summed E-state index contributed by atoms with van der Waals surface area (Å²) in [5.41, 5.74) is 6.41. The highest BCUT2D eigenvalue weighted by Gasteiger charge is 2.16. The van der Waals surface area contributed by atoms with Gasteiger partial charge in [-0.2, -0.15) is 0 Å². The molecule has 0 saturated carbocycles. The minimum absolute atomic E-state index is 0.215. The topological polar surface area (TPSA) is 62.5 Å². The highest BCUT2D eigenvalue weighted by Crippen LogP contribution is 2.07. The van der Waals surface area contributed by atoms with Gasteiger partial charge in [0, 0.05) is 58.1 Å². The third-order valence-corrected chi connectivity index (χ3v) is 3.27. The Morgan fingerprint density at radius 2 is 2.00 bits per heavy atom. The lowest BCUT2D eigenvalue weighted by Crippen LogP contribution is -2.46. The molecule has 1 aromatic heterocycles. The standard InChI is InChI=1S/C13H20N4O/c14-13(18)3-5-16-6-8-17(9-7-16)11-12-2-1-4-15-10-12/h1-2,4,10H,3,5-9,11H2,(H2,14,18). The van der Waals surface area contributed by atoms with Crippen molar-refractivity contribution >= 4 is 5.91 Å². The normalized spacial score (nSPS) is 17.8. The van der Waals surface area contributed by atoms with Gasteiger partial charge in [-0.05, 0) is 11.6 Å². The number of primary amides is 1. The molecule has 0 radical (unpaired) electrons. The molecule has 1 aliphatic heterocycles. The van der Waals surface area contributed by atoms with Crippen LogP contribution >= 0.6 is 0 Å². The van der Waals surface area contributed by atoms with Crippen LogP contribution in [0.25, 0.3) is 0 Å². The molecule has 0 unspecified atom stereocenters. The third-order valence-electron chi connectivity index (χ3n) is 3.27. The average Bonchev–Trinajstić information content (AvgIpc) is 2.39. The van der Waals surface area contributed by atoms with E-state index in [-0.39, 0.29) is 5.91 Å². The van der Waals surface area contributed by atoms with Gasteiger partial charge in [-0.3, -0.25) is 14.7 Å². The molecule has 2 rings (SSSR count). The van der Waals surface area contributed by atoms with Gasteiger partial charge in [0.05, 0.1) is 0 Å². The van der Waals surface area contributed by atoms with E-state index in [1.807, 2.05) is 12.3 Å². The molecule has 0 aromatic carbocycles. The molecule has 1 aromatic rings. The molecule has 18 heavy (non-hydrogen) atoms. The minimum Gasteiger partial charge on any atom is -0.370 e. The van der Waals surface area contributed by atoms with Crippen molar-refractivity contribution in [2.24, 2.45) is 5.73 Å². The Hall–Kier alpha value is -1.46. The maximum absolute atomic E-state index is 10.7. The van der Waals surface area contributed by atoms with E-state index in [0.717, 1.165) is 39.3 Å². The summed E-state index contributed by atoms with van der Waals surface area (Å²) in [6, 6.07) is 4.07. The first-order valence-corrected chi connectivity index (χ1v) is 6.36. The average molecular weight is 248 g/mol. The zero-order valence-corrected chi connectivity index (χ0v) is 10.6. The second-order valence-corrected chi connectivity index (χ2v) is 4.70. The molecule has 1 saturated heterocycles. The largest absolute Gasteiger partial charge is 0.370 e. The summed E-state index contributed by atoms with van der Waals surface area (Å²) in [5, 5.41) is 0. The Morgan fingerprint density at radius 3 is 2.61 bits per heavy atom. The van der Waals surface area contributed by atoms with Crippen LogP contribution in [0.5, 0.6) is 0 Å². The first-order chi connectivity index (χ1) is 8.74. The molecule has 1 aliphatic rings. The van der Waals surface area contributed by atoms with Crippen molar-refractivity contribution in [2.45, 2.75) is 13.0 Å². The molecule has 5 heteroatoms. The number of hydrogen-bond acceptors (Lipinski definition) is 4. The van der Waals surface area contributed by atoms with E-state index in [1.54, 1.807) is 6.20 Å². The van der Waals surface area contributed by atoms with Crippen LogP contribution in [0, 0.1) is 0 Å². The van der Waals surface area contributed by atoms with Crippen molar-refractivity contribution in [1.82, 2.24) is 14.8 Å². The lowest BCUT2D eigenvalue weighted by Gasteiger charge is -2.34. The van der Waals surface area contributed by atoms with Gasteiger partial charge in [0.2, 0.25) is 5.91 Å². The summed E-state index contributed by atoms with van der Waals surface area (Å²) in [5.74, 6) is -0.215. The monoisotopic (exact) mass is 248 g/mol.